The van der Waals surface area contributed by atoms with E-state index in [9.17, 15) is 22.8 Å². The molecule has 6 rings (SSSR count). The van der Waals surface area contributed by atoms with Gasteiger partial charge in [-0.2, -0.15) is 4.31 Å². The molecule has 15 heteroatoms. The van der Waals surface area contributed by atoms with Crippen LogP contribution in [0.3, 0.4) is 0 Å². The molecule has 3 aliphatic rings. The average Bonchev–Trinajstić information content (AvgIpc) is 3.46. The number of piperazine rings is 1. The Morgan fingerprint density at radius 1 is 1.05 bits per heavy atom. The number of fused-ring (bicyclic) bond motifs is 2. The van der Waals surface area contributed by atoms with Crippen molar-refractivity contribution in [3.8, 4) is 0 Å². The zero-order chi connectivity index (χ0) is 31.0. The monoisotopic (exact) mass is 660 g/mol. The number of aromatic nitrogens is 1. The number of ether oxygens (including phenoxy) is 1. The van der Waals surface area contributed by atoms with Crippen molar-refractivity contribution in [1.29, 1.82) is 0 Å². The number of sulfonamides is 1. The highest BCUT2D eigenvalue weighted by atomic mass is 35.5. The standard InChI is InChI=1S/C29H33ClN6O6S2/c1-33-7-6-23-25(18-33)43-28(32-23)29(39)36-9-8-35(17-24(36)27(38)31-16-26(37)34-10-12-42-13-11-34)44(40,41)22-5-3-19-14-21(30)4-2-20(19)15-22/h2-5,14-15,24H,6-13,16-18H2,1H3,(H,31,38). The molecule has 0 bridgehead atoms. The van der Waals surface area contributed by atoms with Crippen LogP contribution in [0.4, 0.5) is 0 Å². The van der Waals surface area contributed by atoms with Crippen LogP contribution in [0.1, 0.15) is 20.4 Å². The van der Waals surface area contributed by atoms with Gasteiger partial charge in [-0.25, -0.2) is 13.4 Å². The maximum Gasteiger partial charge on any atom is 0.283 e. The van der Waals surface area contributed by atoms with E-state index in [4.69, 9.17) is 16.3 Å². The van der Waals surface area contributed by atoms with Crippen LogP contribution in [-0.4, -0.2) is 122 Å². The molecule has 234 valence electrons. The number of nitrogens with zero attached hydrogens (tertiary/aromatic N) is 5. The van der Waals surface area contributed by atoms with Crippen LogP contribution in [0.15, 0.2) is 41.3 Å². The van der Waals surface area contributed by atoms with E-state index in [0.29, 0.717) is 43.3 Å². The molecular formula is C29H33ClN6O6S2. The molecule has 2 saturated heterocycles. The summed E-state index contributed by atoms with van der Waals surface area (Å²) < 4.78 is 34.2. The van der Waals surface area contributed by atoms with Gasteiger partial charge in [-0.1, -0.05) is 23.7 Å². The Morgan fingerprint density at radius 2 is 1.80 bits per heavy atom. The van der Waals surface area contributed by atoms with Crippen LogP contribution in [0.5, 0.6) is 0 Å². The van der Waals surface area contributed by atoms with Crippen molar-refractivity contribution in [2.24, 2.45) is 0 Å². The molecule has 1 atom stereocenters. The lowest BCUT2D eigenvalue weighted by atomic mass is 10.1. The molecule has 1 aromatic heterocycles. The average molecular weight is 661 g/mol. The van der Waals surface area contributed by atoms with Crippen LogP contribution < -0.4 is 5.32 Å². The van der Waals surface area contributed by atoms with Crippen molar-refractivity contribution >= 4 is 61.5 Å². The molecular weight excluding hydrogens is 628 g/mol. The fourth-order valence-electron chi connectivity index (χ4n) is 5.69. The summed E-state index contributed by atoms with van der Waals surface area (Å²) in [7, 11) is -2.02. The Labute approximate surface area is 264 Å². The number of hydrogen-bond donors (Lipinski definition) is 1. The predicted molar refractivity (Wildman–Crippen MR) is 165 cm³/mol. The van der Waals surface area contributed by atoms with Crippen molar-refractivity contribution < 1.29 is 27.5 Å². The van der Waals surface area contributed by atoms with Gasteiger partial charge in [-0.05, 0) is 42.1 Å². The predicted octanol–water partition coefficient (Wildman–Crippen LogP) is 1.43. The Hall–Kier alpha value is -3.14. The molecule has 1 unspecified atom stereocenters. The zero-order valence-electron chi connectivity index (χ0n) is 24.2. The number of morpholine rings is 1. The van der Waals surface area contributed by atoms with Crippen molar-refractivity contribution in [1.82, 2.24) is 29.3 Å². The van der Waals surface area contributed by atoms with E-state index in [1.807, 2.05) is 7.05 Å². The van der Waals surface area contributed by atoms with Crippen molar-refractivity contribution in [2.45, 2.75) is 23.9 Å². The minimum Gasteiger partial charge on any atom is -0.378 e. The van der Waals surface area contributed by atoms with Crippen LogP contribution in [0.2, 0.25) is 5.02 Å². The second kappa shape index (κ2) is 12.7. The van der Waals surface area contributed by atoms with Crippen molar-refractivity contribution in [3.63, 3.8) is 0 Å². The van der Waals surface area contributed by atoms with E-state index < -0.39 is 27.9 Å². The Balaban J connectivity index is 1.24. The molecule has 0 spiro atoms. The zero-order valence-corrected chi connectivity index (χ0v) is 26.6. The van der Waals surface area contributed by atoms with Crippen LogP contribution in [-0.2, 0) is 37.3 Å². The molecule has 12 nitrogen and oxygen atoms in total. The first-order valence-corrected chi connectivity index (χ1v) is 17.0. The molecule has 3 amide bonds. The number of rotatable bonds is 6. The van der Waals surface area contributed by atoms with E-state index in [1.165, 1.54) is 26.6 Å². The van der Waals surface area contributed by atoms with Gasteiger partial charge in [0, 0.05) is 62.1 Å². The Morgan fingerprint density at radius 3 is 2.59 bits per heavy atom. The largest absolute Gasteiger partial charge is 0.378 e. The quantitative estimate of drug-likeness (QED) is 0.420. The van der Waals surface area contributed by atoms with Crippen molar-refractivity contribution in [2.75, 3.05) is 66.1 Å². The number of likely N-dealkylation sites (N-methyl/N-ethyl adjacent to an activating group) is 1. The highest BCUT2D eigenvalue weighted by molar-refractivity contribution is 7.89. The van der Waals surface area contributed by atoms with Gasteiger partial charge in [-0.15, -0.1) is 11.3 Å². The molecule has 0 radical (unpaired) electrons. The Bertz CT molecular complexity index is 1710. The number of carbonyl (C=O) groups excluding carboxylic acids is 3. The van der Waals surface area contributed by atoms with Gasteiger partial charge < -0.3 is 24.8 Å². The third-order valence-corrected chi connectivity index (χ3v) is 11.4. The second-order valence-electron chi connectivity index (χ2n) is 11.1. The first-order chi connectivity index (χ1) is 21.1. The number of benzene rings is 2. The summed E-state index contributed by atoms with van der Waals surface area (Å²) in [5.74, 6) is -1.30. The molecule has 2 aromatic carbocycles. The smallest absolute Gasteiger partial charge is 0.283 e. The lowest BCUT2D eigenvalue weighted by Crippen LogP contribution is -2.62. The number of halogens is 1. The first kappa shape index (κ1) is 30.9. The van der Waals surface area contributed by atoms with Crippen molar-refractivity contribution in [3.05, 3.63) is 57.0 Å². The number of thiazole rings is 1. The lowest BCUT2D eigenvalue weighted by molar-refractivity contribution is -0.137. The van der Waals surface area contributed by atoms with E-state index in [-0.39, 0.29) is 42.0 Å². The van der Waals surface area contributed by atoms with E-state index >= 15 is 0 Å². The molecule has 3 aliphatic heterocycles. The van der Waals surface area contributed by atoms with E-state index in [1.54, 1.807) is 35.2 Å². The molecule has 0 saturated carbocycles. The molecule has 3 aromatic rings. The molecule has 4 heterocycles. The number of nitrogens with one attached hydrogen (secondary N) is 1. The minimum absolute atomic E-state index is 0.00293. The highest BCUT2D eigenvalue weighted by Gasteiger charge is 2.41. The number of hydrogen-bond acceptors (Lipinski definition) is 9. The first-order valence-electron chi connectivity index (χ1n) is 14.4. The van der Waals surface area contributed by atoms with E-state index in [2.05, 4.69) is 15.2 Å². The summed E-state index contributed by atoms with van der Waals surface area (Å²) in [5, 5.41) is 4.98. The summed E-state index contributed by atoms with van der Waals surface area (Å²) in [5.41, 5.74) is 0.882. The second-order valence-corrected chi connectivity index (χ2v) is 14.6. The summed E-state index contributed by atoms with van der Waals surface area (Å²) in [6.07, 6.45) is 0.729. The SMILES string of the molecule is CN1CCc2nc(C(=O)N3CCN(S(=O)(=O)c4ccc5cc(Cl)ccc5c4)CC3C(=O)NCC(=O)N3CCOCC3)sc2C1. The fourth-order valence-corrected chi connectivity index (χ4v) is 8.49. The summed E-state index contributed by atoms with van der Waals surface area (Å²) in [6.45, 7) is 2.68. The molecule has 1 N–H and O–H groups in total. The summed E-state index contributed by atoms with van der Waals surface area (Å²) in [6, 6.07) is 8.82. The van der Waals surface area contributed by atoms with Gasteiger partial charge >= 0.3 is 0 Å². The lowest BCUT2D eigenvalue weighted by Gasteiger charge is -2.39. The van der Waals surface area contributed by atoms with Crippen LogP contribution >= 0.6 is 22.9 Å². The highest BCUT2D eigenvalue weighted by Crippen LogP contribution is 2.29. The van der Waals surface area contributed by atoms with E-state index in [0.717, 1.165) is 28.9 Å². The number of carbonyl (C=O) groups is 3. The van der Waals surface area contributed by atoms with Gasteiger partial charge in [-0.3, -0.25) is 14.4 Å². The van der Waals surface area contributed by atoms with Gasteiger partial charge in [0.25, 0.3) is 5.91 Å². The molecule has 0 aliphatic carbocycles. The van der Waals surface area contributed by atoms with Gasteiger partial charge in [0.1, 0.15) is 6.04 Å². The topological polar surface area (TPSA) is 132 Å². The fraction of sp³-hybridized carbons (Fsp3) is 0.448. The maximum absolute atomic E-state index is 13.8. The summed E-state index contributed by atoms with van der Waals surface area (Å²) >= 11 is 7.40. The van der Waals surface area contributed by atoms with Gasteiger partial charge in [0.15, 0.2) is 5.01 Å². The minimum atomic E-state index is -4.03. The molecule has 44 heavy (non-hydrogen) atoms. The van der Waals surface area contributed by atoms with Gasteiger partial charge in [0.2, 0.25) is 21.8 Å². The molecule has 2 fully saturated rings. The third-order valence-electron chi connectivity index (χ3n) is 8.20. The van der Waals surface area contributed by atoms with Crippen LogP contribution in [0.25, 0.3) is 10.8 Å². The Kier molecular flexibility index (Phi) is 8.91. The number of amides is 3. The third kappa shape index (κ3) is 6.32. The summed E-state index contributed by atoms with van der Waals surface area (Å²) in [4.78, 5) is 51.0. The normalized spacial score (nSPS) is 20.0. The maximum atomic E-state index is 13.8. The van der Waals surface area contributed by atoms with Crippen LogP contribution in [0, 0.1) is 0 Å². The van der Waals surface area contributed by atoms with Gasteiger partial charge in [0.05, 0.1) is 30.3 Å².